The van der Waals surface area contributed by atoms with Crippen molar-refractivity contribution in [3.05, 3.63) is 65.2 Å². The van der Waals surface area contributed by atoms with Gasteiger partial charge in [0.1, 0.15) is 0 Å². The number of carbonyl (C=O) groups is 2. The van der Waals surface area contributed by atoms with Crippen LogP contribution in [0, 0.1) is 0 Å². The molecule has 1 aliphatic heterocycles. The zero-order valence-electron chi connectivity index (χ0n) is 13.9. The maximum absolute atomic E-state index is 12.4. The molecule has 0 aliphatic carbocycles. The van der Waals surface area contributed by atoms with Crippen LogP contribution in [-0.4, -0.2) is 32.1 Å². The van der Waals surface area contributed by atoms with E-state index < -0.39 is 0 Å². The fourth-order valence-electron chi connectivity index (χ4n) is 2.43. The summed E-state index contributed by atoms with van der Waals surface area (Å²) in [5.74, 6) is 0.738. The summed E-state index contributed by atoms with van der Waals surface area (Å²) in [6, 6.07) is 12.0. The summed E-state index contributed by atoms with van der Waals surface area (Å²) >= 11 is 0. The van der Waals surface area contributed by atoms with Gasteiger partial charge < -0.3 is 14.2 Å². The Morgan fingerprint density at radius 2 is 1.64 bits per heavy atom. The van der Waals surface area contributed by atoms with Crippen LogP contribution in [0.25, 0.3) is 6.08 Å². The number of hydrogen-bond donors (Lipinski definition) is 0. The Kier molecular flexibility index (Phi) is 5.14. The van der Waals surface area contributed by atoms with Gasteiger partial charge in [0, 0.05) is 12.0 Å². The van der Waals surface area contributed by atoms with Gasteiger partial charge in [-0.15, -0.1) is 0 Å². The molecule has 128 valence electrons. The molecular weight excluding hydrogens is 320 g/mol. The number of methoxy groups -OCH3 is 1. The Hall–Kier alpha value is -3.08. The average molecular weight is 338 g/mol. The van der Waals surface area contributed by atoms with Gasteiger partial charge in [-0.2, -0.15) is 0 Å². The predicted molar refractivity (Wildman–Crippen MR) is 93.2 cm³/mol. The molecule has 5 heteroatoms. The summed E-state index contributed by atoms with van der Waals surface area (Å²) in [6.45, 7) is 1.19. The fourth-order valence-corrected chi connectivity index (χ4v) is 2.43. The number of allylic oxidation sites excluding steroid dienone is 1. The Bertz CT molecular complexity index is 805. The first-order valence-electron chi connectivity index (χ1n) is 7.98. The van der Waals surface area contributed by atoms with Gasteiger partial charge in [0.15, 0.2) is 17.3 Å². The van der Waals surface area contributed by atoms with Crippen molar-refractivity contribution in [1.29, 1.82) is 0 Å². The van der Waals surface area contributed by atoms with Crippen LogP contribution in [0.15, 0.2) is 48.5 Å². The molecular formula is C20H18O5. The van der Waals surface area contributed by atoms with Crippen LogP contribution >= 0.6 is 0 Å². The molecule has 0 radical (unpaired) electrons. The summed E-state index contributed by atoms with van der Waals surface area (Å²) < 4.78 is 15.8. The lowest BCUT2D eigenvalue weighted by atomic mass is 10.1. The van der Waals surface area contributed by atoms with Crippen LogP contribution in [0.1, 0.15) is 32.7 Å². The van der Waals surface area contributed by atoms with Crippen LogP contribution in [-0.2, 0) is 4.74 Å². The highest BCUT2D eigenvalue weighted by atomic mass is 16.5. The highest BCUT2D eigenvalue weighted by Crippen LogP contribution is 2.30. The second-order valence-electron chi connectivity index (χ2n) is 5.52. The number of carbonyl (C=O) groups excluding carboxylic acids is 2. The van der Waals surface area contributed by atoms with Gasteiger partial charge in [-0.05, 0) is 42.0 Å². The molecule has 0 atom stereocenters. The molecule has 0 saturated heterocycles. The Morgan fingerprint density at radius 3 is 2.36 bits per heavy atom. The number of rotatable bonds is 4. The van der Waals surface area contributed by atoms with Gasteiger partial charge in [-0.25, -0.2) is 4.79 Å². The molecule has 3 rings (SSSR count). The van der Waals surface area contributed by atoms with Crippen molar-refractivity contribution >= 4 is 17.8 Å². The van der Waals surface area contributed by atoms with E-state index in [9.17, 15) is 9.59 Å². The van der Waals surface area contributed by atoms with Gasteiger partial charge in [0.25, 0.3) is 0 Å². The smallest absolute Gasteiger partial charge is 0.337 e. The van der Waals surface area contributed by atoms with E-state index in [1.165, 1.54) is 13.2 Å². The van der Waals surface area contributed by atoms with E-state index in [1.807, 2.05) is 0 Å². The molecule has 1 heterocycles. The van der Waals surface area contributed by atoms with Crippen molar-refractivity contribution in [2.45, 2.75) is 6.42 Å². The molecule has 1 aliphatic rings. The largest absolute Gasteiger partial charge is 0.490 e. The second-order valence-corrected chi connectivity index (χ2v) is 5.52. The zero-order valence-corrected chi connectivity index (χ0v) is 13.9. The minimum atomic E-state index is -0.390. The molecule has 0 bridgehead atoms. The van der Waals surface area contributed by atoms with E-state index >= 15 is 0 Å². The minimum absolute atomic E-state index is 0.132. The monoisotopic (exact) mass is 338 g/mol. The molecule has 0 saturated carbocycles. The van der Waals surface area contributed by atoms with Gasteiger partial charge in [-0.1, -0.05) is 18.2 Å². The van der Waals surface area contributed by atoms with Crippen molar-refractivity contribution in [2.75, 3.05) is 20.3 Å². The number of esters is 1. The van der Waals surface area contributed by atoms with Crippen molar-refractivity contribution in [2.24, 2.45) is 0 Å². The molecule has 2 aromatic rings. The zero-order chi connectivity index (χ0) is 17.6. The van der Waals surface area contributed by atoms with E-state index in [2.05, 4.69) is 4.74 Å². The fraction of sp³-hybridized carbons (Fsp3) is 0.200. The lowest BCUT2D eigenvalue weighted by Crippen LogP contribution is -2.00. The maximum Gasteiger partial charge on any atom is 0.337 e. The van der Waals surface area contributed by atoms with E-state index in [0.717, 1.165) is 12.0 Å². The van der Waals surface area contributed by atoms with Crippen LogP contribution in [0.4, 0.5) is 0 Å². The van der Waals surface area contributed by atoms with Crippen molar-refractivity contribution < 1.29 is 23.8 Å². The first-order chi connectivity index (χ1) is 12.2. The quantitative estimate of drug-likeness (QED) is 0.485. The molecule has 0 fully saturated rings. The van der Waals surface area contributed by atoms with E-state index in [1.54, 1.807) is 48.5 Å². The van der Waals surface area contributed by atoms with E-state index in [4.69, 9.17) is 9.47 Å². The summed E-state index contributed by atoms with van der Waals surface area (Å²) in [5.41, 5.74) is 1.82. The van der Waals surface area contributed by atoms with Gasteiger partial charge in [0.05, 0.1) is 25.9 Å². The standard InChI is InChI=1S/C20H18O5/c1-23-20(22)15-6-3-14(4-7-15)5-9-17(21)16-8-10-18-19(13-16)25-12-2-11-24-18/h3-10,13H,2,11-12H2,1H3/b9-5+. The number of ketones is 1. The van der Waals surface area contributed by atoms with Gasteiger partial charge in [-0.3, -0.25) is 4.79 Å². The lowest BCUT2D eigenvalue weighted by Gasteiger charge is -2.07. The SMILES string of the molecule is COC(=O)c1ccc(/C=C/C(=O)c2ccc3c(c2)OCCCO3)cc1. The predicted octanol–water partition coefficient (Wildman–Crippen LogP) is 3.53. The van der Waals surface area contributed by atoms with Crippen molar-refractivity contribution in [3.63, 3.8) is 0 Å². The van der Waals surface area contributed by atoms with Crippen LogP contribution < -0.4 is 9.47 Å². The van der Waals surface area contributed by atoms with Crippen LogP contribution in [0.2, 0.25) is 0 Å². The summed E-state index contributed by atoms with van der Waals surface area (Å²) in [6.07, 6.45) is 4.01. The Morgan fingerprint density at radius 1 is 0.960 bits per heavy atom. The number of fused-ring (bicyclic) bond motifs is 1. The van der Waals surface area contributed by atoms with Gasteiger partial charge >= 0.3 is 5.97 Å². The number of hydrogen-bond acceptors (Lipinski definition) is 5. The lowest BCUT2D eigenvalue weighted by molar-refractivity contribution is 0.0600. The first kappa shape index (κ1) is 16.8. The second kappa shape index (κ2) is 7.66. The number of benzene rings is 2. The number of ether oxygens (including phenoxy) is 3. The molecule has 0 amide bonds. The molecule has 0 unspecified atom stereocenters. The van der Waals surface area contributed by atoms with Gasteiger partial charge in [0.2, 0.25) is 0 Å². The molecule has 0 N–H and O–H groups in total. The maximum atomic E-state index is 12.4. The molecule has 2 aromatic carbocycles. The molecule has 0 aromatic heterocycles. The molecule has 25 heavy (non-hydrogen) atoms. The van der Waals surface area contributed by atoms with Crippen molar-refractivity contribution in [1.82, 2.24) is 0 Å². The van der Waals surface area contributed by atoms with E-state index in [0.29, 0.717) is 35.8 Å². The normalized spacial score (nSPS) is 13.3. The summed E-state index contributed by atoms with van der Waals surface area (Å²) in [5, 5.41) is 0. The Balaban J connectivity index is 1.72. The Labute approximate surface area is 145 Å². The van der Waals surface area contributed by atoms with Crippen molar-refractivity contribution in [3.8, 4) is 11.5 Å². The van der Waals surface area contributed by atoms with Crippen LogP contribution in [0.5, 0.6) is 11.5 Å². The minimum Gasteiger partial charge on any atom is -0.490 e. The summed E-state index contributed by atoms with van der Waals surface area (Å²) in [4.78, 5) is 23.8. The third-order valence-corrected chi connectivity index (χ3v) is 3.79. The summed E-state index contributed by atoms with van der Waals surface area (Å²) in [7, 11) is 1.34. The average Bonchev–Trinajstić information content (AvgIpc) is 2.90. The first-order valence-corrected chi connectivity index (χ1v) is 7.98. The topological polar surface area (TPSA) is 61.8 Å². The van der Waals surface area contributed by atoms with E-state index in [-0.39, 0.29) is 11.8 Å². The third-order valence-electron chi connectivity index (χ3n) is 3.79. The third kappa shape index (κ3) is 4.07. The van der Waals surface area contributed by atoms with Crippen LogP contribution in [0.3, 0.4) is 0 Å². The molecule has 0 spiro atoms. The highest BCUT2D eigenvalue weighted by molar-refractivity contribution is 6.07. The molecule has 5 nitrogen and oxygen atoms in total. The highest BCUT2D eigenvalue weighted by Gasteiger charge is 2.13.